The standard InChI is InChI=1S/C16H19N3O3/c1-11-14(10-18-22-11)16(20)19-15(12-4-7-21-8-5-12)13-3-2-6-17-9-13/h2-3,6,9-10,12,15H,4-5,7-8H2,1H3,(H,19,20)/t15-/m0/s1. The van der Waals surface area contributed by atoms with Crippen LogP contribution in [0.3, 0.4) is 0 Å². The first kappa shape index (κ1) is 14.7. The van der Waals surface area contributed by atoms with Gasteiger partial charge in [0.25, 0.3) is 5.91 Å². The summed E-state index contributed by atoms with van der Waals surface area (Å²) in [5, 5.41) is 6.78. The molecule has 0 aliphatic carbocycles. The number of pyridine rings is 1. The molecule has 1 N–H and O–H groups in total. The van der Waals surface area contributed by atoms with Crippen molar-refractivity contribution < 1.29 is 14.1 Å². The largest absolute Gasteiger partial charge is 0.381 e. The van der Waals surface area contributed by atoms with Crippen LogP contribution in [-0.4, -0.2) is 29.3 Å². The highest BCUT2D eigenvalue weighted by Crippen LogP contribution is 2.30. The number of carbonyl (C=O) groups excluding carboxylic acids is 1. The van der Waals surface area contributed by atoms with Crippen molar-refractivity contribution in [2.24, 2.45) is 5.92 Å². The van der Waals surface area contributed by atoms with Crippen LogP contribution >= 0.6 is 0 Å². The molecule has 1 saturated heterocycles. The van der Waals surface area contributed by atoms with Gasteiger partial charge in [-0.2, -0.15) is 0 Å². The highest BCUT2D eigenvalue weighted by atomic mass is 16.5. The quantitative estimate of drug-likeness (QED) is 0.937. The number of amides is 1. The molecule has 116 valence electrons. The molecule has 2 aromatic rings. The zero-order valence-electron chi connectivity index (χ0n) is 12.5. The first-order valence-corrected chi connectivity index (χ1v) is 7.45. The fourth-order valence-corrected chi connectivity index (χ4v) is 2.82. The molecular formula is C16H19N3O3. The molecule has 1 amide bonds. The van der Waals surface area contributed by atoms with Gasteiger partial charge in [-0.1, -0.05) is 11.2 Å². The molecule has 3 heterocycles. The van der Waals surface area contributed by atoms with E-state index < -0.39 is 0 Å². The summed E-state index contributed by atoms with van der Waals surface area (Å²) in [5.41, 5.74) is 1.48. The van der Waals surface area contributed by atoms with Gasteiger partial charge >= 0.3 is 0 Å². The summed E-state index contributed by atoms with van der Waals surface area (Å²) in [6.07, 6.45) is 6.83. The fraction of sp³-hybridized carbons (Fsp3) is 0.438. The molecule has 2 aromatic heterocycles. The van der Waals surface area contributed by atoms with Gasteiger partial charge in [-0.3, -0.25) is 9.78 Å². The predicted octanol–water partition coefficient (Wildman–Crippen LogP) is 2.28. The second-order valence-corrected chi connectivity index (χ2v) is 5.48. The number of aryl methyl sites for hydroxylation is 1. The zero-order valence-corrected chi connectivity index (χ0v) is 12.5. The van der Waals surface area contributed by atoms with Gasteiger partial charge in [0.1, 0.15) is 11.3 Å². The lowest BCUT2D eigenvalue weighted by Gasteiger charge is -2.31. The molecule has 0 bridgehead atoms. The summed E-state index contributed by atoms with van der Waals surface area (Å²) in [6.45, 7) is 3.18. The van der Waals surface area contributed by atoms with Crippen molar-refractivity contribution in [1.29, 1.82) is 0 Å². The van der Waals surface area contributed by atoms with Crippen molar-refractivity contribution in [1.82, 2.24) is 15.5 Å². The van der Waals surface area contributed by atoms with Gasteiger partial charge in [0, 0.05) is 25.6 Å². The monoisotopic (exact) mass is 301 g/mol. The lowest BCUT2D eigenvalue weighted by molar-refractivity contribution is 0.0513. The van der Waals surface area contributed by atoms with Crippen LogP contribution in [0.2, 0.25) is 0 Å². The second kappa shape index (κ2) is 6.70. The third kappa shape index (κ3) is 3.17. The van der Waals surface area contributed by atoms with Crippen LogP contribution in [0.1, 0.15) is 40.6 Å². The van der Waals surface area contributed by atoms with Gasteiger partial charge in [0.2, 0.25) is 0 Å². The summed E-state index contributed by atoms with van der Waals surface area (Å²) >= 11 is 0. The van der Waals surface area contributed by atoms with Gasteiger partial charge in [-0.05, 0) is 37.3 Å². The third-order valence-electron chi connectivity index (χ3n) is 4.06. The van der Waals surface area contributed by atoms with Gasteiger partial charge in [0.15, 0.2) is 0 Å². The van der Waals surface area contributed by atoms with Crippen molar-refractivity contribution in [3.05, 3.63) is 47.6 Å². The lowest BCUT2D eigenvalue weighted by Crippen LogP contribution is -2.36. The molecule has 1 aliphatic rings. The van der Waals surface area contributed by atoms with E-state index >= 15 is 0 Å². The summed E-state index contributed by atoms with van der Waals surface area (Å²) in [7, 11) is 0. The van der Waals surface area contributed by atoms with E-state index in [9.17, 15) is 4.79 Å². The Hall–Kier alpha value is -2.21. The normalized spacial score (nSPS) is 17.1. The molecule has 0 aromatic carbocycles. The maximum Gasteiger partial charge on any atom is 0.257 e. The molecule has 6 nitrogen and oxygen atoms in total. The van der Waals surface area contributed by atoms with Crippen molar-refractivity contribution in [3.8, 4) is 0 Å². The minimum absolute atomic E-state index is 0.0839. The number of ether oxygens (including phenoxy) is 1. The predicted molar refractivity (Wildman–Crippen MR) is 79.2 cm³/mol. The number of hydrogen-bond donors (Lipinski definition) is 1. The van der Waals surface area contributed by atoms with Gasteiger partial charge in [0.05, 0.1) is 12.2 Å². The van der Waals surface area contributed by atoms with Crippen LogP contribution in [0.4, 0.5) is 0 Å². The summed E-state index contributed by atoms with van der Waals surface area (Å²) < 4.78 is 10.4. The average Bonchev–Trinajstić information content (AvgIpc) is 3.00. The van der Waals surface area contributed by atoms with Gasteiger partial charge in [-0.15, -0.1) is 0 Å². The van der Waals surface area contributed by atoms with Crippen molar-refractivity contribution in [3.63, 3.8) is 0 Å². The molecule has 1 aliphatic heterocycles. The number of carbonyl (C=O) groups is 1. The van der Waals surface area contributed by atoms with E-state index in [1.807, 2.05) is 12.1 Å². The first-order chi connectivity index (χ1) is 10.8. The number of aromatic nitrogens is 2. The molecule has 1 atom stereocenters. The molecule has 0 radical (unpaired) electrons. The van der Waals surface area contributed by atoms with E-state index in [1.54, 1.807) is 19.3 Å². The van der Waals surface area contributed by atoms with Crippen molar-refractivity contribution in [2.45, 2.75) is 25.8 Å². The molecule has 0 unspecified atom stereocenters. The summed E-state index contributed by atoms with van der Waals surface area (Å²) in [5.74, 6) is 0.690. The van der Waals surface area contributed by atoms with E-state index in [-0.39, 0.29) is 11.9 Å². The fourth-order valence-electron chi connectivity index (χ4n) is 2.82. The third-order valence-corrected chi connectivity index (χ3v) is 4.06. The molecule has 1 fully saturated rings. The Kier molecular flexibility index (Phi) is 4.48. The topological polar surface area (TPSA) is 77.3 Å². The summed E-state index contributed by atoms with van der Waals surface area (Å²) in [4.78, 5) is 16.7. The number of nitrogens with zero attached hydrogens (tertiary/aromatic N) is 2. The zero-order chi connectivity index (χ0) is 15.4. The second-order valence-electron chi connectivity index (χ2n) is 5.48. The van der Waals surface area contributed by atoms with Crippen LogP contribution in [0.15, 0.2) is 35.2 Å². The van der Waals surface area contributed by atoms with E-state index in [0.717, 1.165) is 31.6 Å². The first-order valence-electron chi connectivity index (χ1n) is 7.45. The summed E-state index contributed by atoms with van der Waals surface area (Å²) in [6, 6.07) is 3.80. The minimum atomic E-state index is -0.168. The van der Waals surface area contributed by atoms with Gasteiger partial charge < -0.3 is 14.6 Å². The van der Waals surface area contributed by atoms with E-state index in [1.165, 1.54) is 6.20 Å². The highest BCUT2D eigenvalue weighted by molar-refractivity contribution is 5.95. The smallest absolute Gasteiger partial charge is 0.257 e. The maximum atomic E-state index is 12.5. The van der Waals surface area contributed by atoms with Crippen LogP contribution < -0.4 is 5.32 Å². The number of hydrogen-bond acceptors (Lipinski definition) is 5. The van der Waals surface area contributed by atoms with E-state index in [0.29, 0.717) is 17.2 Å². The number of rotatable bonds is 4. The van der Waals surface area contributed by atoms with E-state index in [4.69, 9.17) is 9.26 Å². The number of nitrogens with one attached hydrogen (secondary N) is 1. The Labute approximate surface area is 128 Å². The van der Waals surface area contributed by atoms with Crippen molar-refractivity contribution in [2.75, 3.05) is 13.2 Å². The maximum absolute atomic E-state index is 12.5. The Morgan fingerprint density at radius 1 is 1.36 bits per heavy atom. The highest BCUT2D eigenvalue weighted by Gasteiger charge is 2.28. The molecular weight excluding hydrogens is 282 g/mol. The Balaban J connectivity index is 1.82. The lowest BCUT2D eigenvalue weighted by atomic mass is 9.87. The van der Waals surface area contributed by atoms with Crippen LogP contribution in [0, 0.1) is 12.8 Å². The van der Waals surface area contributed by atoms with E-state index in [2.05, 4.69) is 15.5 Å². The van der Waals surface area contributed by atoms with Crippen molar-refractivity contribution >= 4 is 5.91 Å². The molecule has 6 heteroatoms. The van der Waals surface area contributed by atoms with Crippen LogP contribution in [0.5, 0.6) is 0 Å². The van der Waals surface area contributed by atoms with Crippen LogP contribution in [0.25, 0.3) is 0 Å². The molecule has 3 rings (SSSR count). The average molecular weight is 301 g/mol. The molecule has 22 heavy (non-hydrogen) atoms. The molecule has 0 spiro atoms. The Bertz CT molecular complexity index is 621. The minimum Gasteiger partial charge on any atom is -0.381 e. The van der Waals surface area contributed by atoms with Crippen LogP contribution in [-0.2, 0) is 4.74 Å². The Morgan fingerprint density at radius 3 is 2.82 bits per heavy atom. The SMILES string of the molecule is Cc1oncc1C(=O)N[C@H](c1cccnc1)C1CCOCC1. The Morgan fingerprint density at radius 2 is 2.18 bits per heavy atom. The molecule has 0 saturated carbocycles. The van der Waals surface area contributed by atoms with Gasteiger partial charge in [-0.25, -0.2) is 0 Å².